The van der Waals surface area contributed by atoms with Crippen molar-refractivity contribution in [2.75, 3.05) is 11.9 Å². The topological polar surface area (TPSA) is 97.2 Å². The minimum absolute atomic E-state index is 0.137. The van der Waals surface area contributed by atoms with Crippen LogP contribution in [0.3, 0.4) is 0 Å². The van der Waals surface area contributed by atoms with Crippen LogP contribution in [0.2, 0.25) is 4.34 Å². The van der Waals surface area contributed by atoms with Gasteiger partial charge in [-0.2, -0.15) is 14.1 Å². The first-order valence-electron chi connectivity index (χ1n) is 10.7. The Morgan fingerprint density at radius 2 is 1.97 bits per heavy atom. The molecule has 1 amide bonds. The zero-order chi connectivity index (χ0) is 24.2. The second-order valence-electron chi connectivity index (χ2n) is 8.33. The van der Waals surface area contributed by atoms with E-state index in [-0.39, 0.29) is 10.8 Å². The SMILES string of the molecule is Cc1cc(C)c2nc(-n3nc(C)cc3NC(=O)C3CCCN3S(=O)(=O)c3ccc(Cl)s3)sc2c1. The first-order valence-corrected chi connectivity index (χ1v) is 14.1. The molecule has 0 aliphatic carbocycles. The molecule has 12 heteroatoms. The summed E-state index contributed by atoms with van der Waals surface area (Å²) in [5.74, 6) is 0.0670. The van der Waals surface area contributed by atoms with Crippen LogP contribution in [0.25, 0.3) is 15.3 Å². The van der Waals surface area contributed by atoms with E-state index in [4.69, 9.17) is 16.6 Å². The number of halogens is 1. The van der Waals surface area contributed by atoms with Gasteiger partial charge >= 0.3 is 0 Å². The average molecular weight is 536 g/mol. The highest BCUT2D eigenvalue weighted by Gasteiger charge is 2.40. The molecule has 1 unspecified atom stereocenters. The molecule has 5 rings (SSSR count). The number of anilines is 1. The van der Waals surface area contributed by atoms with E-state index in [2.05, 4.69) is 22.5 Å². The van der Waals surface area contributed by atoms with Crippen LogP contribution in [-0.2, 0) is 14.8 Å². The number of aryl methyl sites for hydroxylation is 3. The van der Waals surface area contributed by atoms with Gasteiger partial charge in [-0.25, -0.2) is 13.4 Å². The van der Waals surface area contributed by atoms with Crippen LogP contribution in [0.4, 0.5) is 5.82 Å². The molecule has 4 aromatic rings. The van der Waals surface area contributed by atoms with Gasteiger partial charge in [-0.05, 0) is 62.9 Å². The lowest BCUT2D eigenvalue weighted by Gasteiger charge is -2.22. The Kier molecular flexibility index (Phi) is 6.01. The van der Waals surface area contributed by atoms with Crippen molar-refractivity contribution in [1.82, 2.24) is 19.1 Å². The fourth-order valence-corrected chi connectivity index (χ4v) is 8.61. The molecular weight excluding hydrogens is 514 g/mol. The van der Waals surface area contributed by atoms with Crippen molar-refractivity contribution < 1.29 is 13.2 Å². The summed E-state index contributed by atoms with van der Waals surface area (Å²) in [7, 11) is -3.81. The Labute approximate surface area is 210 Å². The monoisotopic (exact) mass is 535 g/mol. The van der Waals surface area contributed by atoms with Crippen LogP contribution in [0.1, 0.15) is 29.7 Å². The third-order valence-electron chi connectivity index (χ3n) is 5.70. The van der Waals surface area contributed by atoms with Crippen LogP contribution < -0.4 is 5.32 Å². The molecule has 0 spiro atoms. The number of carbonyl (C=O) groups is 1. The van der Waals surface area contributed by atoms with E-state index in [1.165, 1.54) is 21.7 Å². The number of carbonyl (C=O) groups excluding carboxylic acids is 1. The molecule has 0 bridgehead atoms. The van der Waals surface area contributed by atoms with Gasteiger partial charge in [0.15, 0.2) is 0 Å². The molecule has 4 heterocycles. The van der Waals surface area contributed by atoms with E-state index in [0.717, 1.165) is 32.7 Å². The predicted octanol–water partition coefficient (Wildman–Crippen LogP) is 4.91. The quantitative estimate of drug-likeness (QED) is 0.391. The van der Waals surface area contributed by atoms with E-state index >= 15 is 0 Å². The lowest BCUT2D eigenvalue weighted by Crippen LogP contribution is -2.43. The van der Waals surface area contributed by atoms with Crippen LogP contribution >= 0.6 is 34.3 Å². The summed E-state index contributed by atoms with van der Waals surface area (Å²) in [4.78, 5) is 18.0. The molecule has 8 nitrogen and oxygen atoms in total. The number of nitrogens with zero attached hydrogens (tertiary/aromatic N) is 4. The van der Waals surface area contributed by atoms with E-state index in [9.17, 15) is 13.2 Å². The first kappa shape index (κ1) is 23.4. The minimum atomic E-state index is -3.81. The third kappa shape index (κ3) is 4.16. The van der Waals surface area contributed by atoms with Crippen LogP contribution in [0.15, 0.2) is 34.5 Å². The molecule has 0 saturated carbocycles. The second-order valence-corrected chi connectivity index (χ2v) is 13.2. The summed E-state index contributed by atoms with van der Waals surface area (Å²) < 4.78 is 30.7. The smallest absolute Gasteiger partial charge is 0.253 e. The summed E-state index contributed by atoms with van der Waals surface area (Å²) in [6.45, 7) is 6.18. The van der Waals surface area contributed by atoms with Crippen molar-refractivity contribution in [2.45, 2.75) is 43.9 Å². The number of sulfonamides is 1. The lowest BCUT2D eigenvalue weighted by molar-refractivity contribution is -0.119. The molecule has 1 atom stereocenters. The van der Waals surface area contributed by atoms with Gasteiger partial charge in [-0.15, -0.1) is 11.3 Å². The number of benzene rings is 1. The van der Waals surface area contributed by atoms with Crippen LogP contribution in [-0.4, -0.2) is 46.0 Å². The minimum Gasteiger partial charge on any atom is -0.309 e. The maximum absolute atomic E-state index is 13.3. The van der Waals surface area contributed by atoms with E-state index in [1.807, 2.05) is 20.8 Å². The van der Waals surface area contributed by atoms with Crippen LogP contribution in [0.5, 0.6) is 0 Å². The maximum atomic E-state index is 13.3. The maximum Gasteiger partial charge on any atom is 0.253 e. The number of thiophene rings is 1. The van der Waals surface area contributed by atoms with E-state index < -0.39 is 22.0 Å². The number of hydrogen-bond donors (Lipinski definition) is 1. The fraction of sp³-hybridized carbons (Fsp3) is 0.318. The normalized spacial score (nSPS) is 17.0. The Bertz CT molecular complexity index is 1520. The third-order valence-corrected chi connectivity index (χ3v) is 10.3. The molecule has 3 aromatic heterocycles. The molecule has 1 aliphatic rings. The predicted molar refractivity (Wildman–Crippen MR) is 136 cm³/mol. The molecule has 0 radical (unpaired) electrons. The van der Waals surface area contributed by atoms with E-state index in [1.54, 1.807) is 16.8 Å². The summed E-state index contributed by atoms with van der Waals surface area (Å²) in [6.07, 6.45) is 1.04. The van der Waals surface area contributed by atoms with Crippen molar-refractivity contribution in [1.29, 1.82) is 0 Å². The number of thiazole rings is 1. The summed E-state index contributed by atoms with van der Waals surface area (Å²) in [6, 6.07) is 8.14. The largest absolute Gasteiger partial charge is 0.309 e. The van der Waals surface area contributed by atoms with Crippen molar-refractivity contribution >= 4 is 66.2 Å². The molecule has 1 fully saturated rings. The summed E-state index contributed by atoms with van der Waals surface area (Å²) >= 11 is 8.43. The zero-order valence-electron chi connectivity index (χ0n) is 18.7. The molecule has 1 N–H and O–H groups in total. The van der Waals surface area contributed by atoms with E-state index in [0.29, 0.717) is 33.8 Å². The van der Waals surface area contributed by atoms with Crippen molar-refractivity contribution in [3.05, 3.63) is 51.5 Å². The van der Waals surface area contributed by atoms with Crippen molar-refractivity contribution in [3.8, 4) is 5.13 Å². The number of fused-ring (bicyclic) bond motifs is 1. The first-order chi connectivity index (χ1) is 16.1. The Hall–Kier alpha value is -2.31. The molecule has 34 heavy (non-hydrogen) atoms. The molecule has 1 aliphatic heterocycles. The Morgan fingerprint density at radius 3 is 2.71 bits per heavy atom. The average Bonchev–Trinajstić information content (AvgIpc) is 3.53. The van der Waals surface area contributed by atoms with Gasteiger partial charge in [0.25, 0.3) is 10.0 Å². The van der Waals surface area contributed by atoms with Crippen molar-refractivity contribution in [3.63, 3.8) is 0 Å². The zero-order valence-corrected chi connectivity index (χ0v) is 21.9. The van der Waals surface area contributed by atoms with Gasteiger partial charge in [0, 0.05) is 12.6 Å². The molecule has 1 saturated heterocycles. The van der Waals surface area contributed by atoms with Gasteiger partial charge in [0.1, 0.15) is 16.1 Å². The Morgan fingerprint density at radius 1 is 1.18 bits per heavy atom. The number of aromatic nitrogens is 3. The number of amides is 1. The van der Waals surface area contributed by atoms with Gasteiger partial charge in [0.2, 0.25) is 11.0 Å². The van der Waals surface area contributed by atoms with Gasteiger partial charge in [-0.1, -0.05) is 29.0 Å². The molecule has 178 valence electrons. The standard InChI is InChI=1S/C22H22ClN5O3S3/c1-12-9-13(2)20-16(10-12)32-22(25-20)28-18(11-14(3)26-28)24-21(29)15-5-4-8-27(15)34(30,31)19-7-6-17(23)33-19/h6-7,9-11,15H,4-5,8H2,1-3H3,(H,24,29). The van der Waals surface area contributed by atoms with Crippen LogP contribution in [0, 0.1) is 20.8 Å². The van der Waals surface area contributed by atoms with Gasteiger partial charge in [0.05, 0.1) is 20.2 Å². The Balaban J connectivity index is 1.44. The lowest BCUT2D eigenvalue weighted by atomic mass is 10.1. The number of rotatable bonds is 5. The molecule has 1 aromatic carbocycles. The highest BCUT2D eigenvalue weighted by molar-refractivity contribution is 7.91. The fourth-order valence-electron chi connectivity index (χ4n) is 4.24. The number of nitrogens with one attached hydrogen (secondary N) is 1. The summed E-state index contributed by atoms with van der Waals surface area (Å²) in [5, 5.41) is 8.07. The highest BCUT2D eigenvalue weighted by atomic mass is 35.5. The number of hydrogen-bond acceptors (Lipinski definition) is 7. The van der Waals surface area contributed by atoms with Gasteiger partial charge < -0.3 is 5.32 Å². The summed E-state index contributed by atoms with van der Waals surface area (Å²) in [5.41, 5.74) is 3.85. The highest BCUT2D eigenvalue weighted by Crippen LogP contribution is 2.33. The second kappa shape index (κ2) is 8.72. The molecular formula is C22H22ClN5O3S3. The van der Waals surface area contributed by atoms with Crippen molar-refractivity contribution in [2.24, 2.45) is 0 Å². The van der Waals surface area contributed by atoms with Gasteiger partial charge in [-0.3, -0.25) is 4.79 Å².